The highest BCUT2D eigenvalue weighted by Gasteiger charge is 2.19. The van der Waals surface area contributed by atoms with E-state index in [0.717, 1.165) is 5.56 Å². The molecule has 0 unspecified atom stereocenters. The van der Waals surface area contributed by atoms with E-state index in [1.165, 1.54) is 48.5 Å². The predicted octanol–water partition coefficient (Wildman–Crippen LogP) is 4.83. The highest BCUT2D eigenvalue weighted by atomic mass is 32.2. The SMILES string of the molecule is CN(C)[C@@H](CNC(=O)c1cccc(S(=O)(=O)Nc2ccc(SC(F)F)cc2)c1)c1ccccc1. The maximum Gasteiger partial charge on any atom is 0.288 e. The van der Waals surface area contributed by atoms with Crippen LogP contribution in [0, 0.1) is 0 Å². The molecule has 0 aliphatic carbocycles. The van der Waals surface area contributed by atoms with Crippen molar-refractivity contribution in [3.05, 3.63) is 90.0 Å². The summed E-state index contributed by atoms with van der Waals surface area (Å²) in [5, 5.41) is 2.87. The number of halogens is 2. The van der Waals surface area contributed by atoms with Crippen molar-refractivity contribution in [3.63, 3.8) is 0 Å². The number of nitrogens with one attached hydrogen (secondary N) is 2. The third kappa shape index (κ3) is 7.02. The maximum atomic E-state index is 12.8. The summed E-state index contributed by atoms with van der Waals surface area (Å²) in [6.45, 7) is 0.341. The molecular weight excluding hydrogens is 480 g/mol. The van der Waals surface area contributed by atoms with Crippen LogP contribution in [0.5, 0.6) is 0 Å². The van der Waals surface area contributed by atoms with E-state index in [0.29, 0.717) is 23.2 Å². The summed E-state index contributed by atoms with van der Waals surface area (Å²) in [6, 6.07) is 21.0. The molecule has 180 valence electrons. The van der Waals surface area contributed by atoms with Crippen molar-refractivity contribution in [2.24, 2.45) is 0 Å². The zero-order valence-corrected chi connectivity index (χ0v) is 20.2. The highest BCUT2D eigenvalue weighted by Crippen LogP contribution is 2.27. The number of carbonyl (C=O) groups is 1. The van der Waals surface area contributed by atoms with E-state index in [9.17, 15) is 22.0 Å². The van der Waals surface area contributed by atoms with E-state index in [1.807, 2.05) is 49.3 Å². The fraction of sp³-hybridized carbons (Fsp3) is 0.208. The van der Waals surface area contributed by atoms with Gasteiger partial charge in [0.25, 0.3) is 21.7 Å². The van der Waals surface area contributed by atoms with Gasteiger partial charge in [0.15, 0.2) is 0 Å². The van der Waals surface area contributed by atoms with Gasteiger partial charge in [0.1, 0.15) is 0 Å². The van der Waals surface area contributed by atoms with Crippen LogP contribution in [0.2, 0.25) is 0 Å². The summed E-state index contributed by atoms with van der Waals surface area (Å²) in [5.74, 6) is -2.95. The fourth-order valence-corrected chi connectivity index (χ4v) is 4.89. The Balaban J connectivity index is 1.69. The molecule has 0 aliphatic heterocycles. The van der Waals surface area contributed by atoms with Gasteiger partial charge in [-0.05, 0) is 62.1 Å². The third-order valence-corrected chi connectivity index (χ3v) is 7.10. The van der Waals surface area contributed by atoms with E-state index in [4.69, 9.17) is 0 Å². The Morgan fingerprint density at radius 1 is 0.971 bits per heavy atom. The van der Waals surface area contributed by atoms with Crippen LogP contribution in [0.25, 0.3) is 0 Å². The van der Waals surface area contributed by atoms with Crippen LogP contribution >= 0.6 is 11.8 Å². The summed E-state index contributed by atoms with van der Waals surface area (Å²) >= 11 is 0.375. The van der Waals surface area contributed by atoms with Gasteiger partial charge in [-0.2, -0.15) is 8.78 Å². The molecule has 34 heavy (non-hydrogen) atoms. The second-order valence-corrected chi connectivity index (χ2v) is 10.4. The van der Waals surface area contributed by atoms with Gasteiger partial charge < -0.3 is 10.2 Å². The molecule has 0 fully saturated rings. The number of benzene rings is 3. The molecule has 3 rings (SSSR count). The number of likely N-dealkylation sites (N-methyl/N-ethyl adjacent to an activating group) is 1. The van der Waals surface area contributed by atoms with Crippen molar-refractivity contribution in [1.82, 2.24) is 10.2 Å². The monoisotopic (exact) mass is 505 g/mol. The van der Waals surface area contributed by atoms with Crippen LogP contribution in [-0.2, 0) is 10.0 Å². The molecule has 10 heteroatoms. The second-order valence-electron chi connectivity index (χ2n) is 7.64. The van der Waals surface area contributed by atoms with Gasteiger partial charge >= 0.3 is 0 Å². The highest BCUT2D eigenvalue weighted by molar-refractivity contribution is 7.99. The summed E-state index contributed by atoms with van der Waals surface area (Å²) in [6.07, 6.45) is 0. The van der Waals surface area contributed by atoms with E-state index in [2.05, 4.69) is 10.0 Å². The van der Waals surface area contributed by atoms with Crippen LogP contribution in [0.4, 0.5) is 14.5 Å². The van der Waals surface area contributed by atoms with Crippen molar-refractivity contribution in [1.29, 1.82) is 0 Å². The Kier molecular flexibility index (Phi) is 8.65. The minimum atomic E-state index is -3.99. The molecule has 0 saturated carbocycles. The van der Waals surface area contributed by atoms with E-state index in [-0.39, 0.29) is 22.2 Å². The first-order valence-corrected chi connectivity index (χ1v) is 12.7. The Hall–Kier alpha value is -2.95. The number of rotatable bonds is 10. The normalized spacial score (nSPS) is 12.5. The topological polar surface area (TPSA) is 78.5 Å². The molecule has 2 N–H and O–H groups in total. The van der Waals surface area contributed by atoms with Gasteiger partial charge in [0.2, 0.25) is 0 Å². The number of nitrogens with zero attached hydrogens (tertiary/aromatic N) is 1. The lowest BCUT2D eigenvalue weighted by molar-refractivity contribution is 0.0941. The number of amides is 1. The number of anilines is 1. The number of hydrogen-bond acceptors (Lipinski definition) is 5. The maximum absolute atomic E-state index is 12.8. The largest absolute Gasteiger partial charge is 0.350 e. The molecule has 0 radical (unpaired) electrons. The summed E-state index contributed by atoms with van der Waals surface area (Å²) in [5.41, 5.74) is 1.48. The molecule has 0 saturated heterocycles. The minimum Gasteiger partial charge on any atom is -0.350 e. The zero-order valence-electron chi connectivity index (χ0n) is 18.6. The van der Waals surface area contributed by atoms with Crippen molar-refractivity contribution in [3.8, 4) is 0 Å². The van der Waals surface area contributed by atoms with Gasteiger partial charge in [-0.3, -0.25) is 9.52 Å². The lowest BCUT2D eigenvalue weighted by Gasteiger charge is -2.25. The van der Waals surface area contributed by atoms with Gasteiger partial charge in [0.05, 0.1) is 10.9 Å². The van der Waals surface area contributed by atoms with Gasteiger partial charge in [-0.1, -0.05) is 48.2 Å². The van der Waals surface area contributed by atoms with Crippen LogP contribution in [0.3, 0.4) is 0 Å². The third-order valence-electron chi connectivity index (χ3n) is 5.00. The molecule has 6 nitrogen and oxygen atoms in total. The molecule has 0 heterocycles. The number of alkyl halides is 2. The molecule has 3 aromatic carbocycles. The van der Waals surface area contributed by atoms with Gasteiger partial charge in [0, 0.05) is 22.7 Å². The van der Waals surface area contributed by atoms with Gasteiger partial charge in [-0.15, -0.1) is 0 Å². The lowest BCUT2D eigenvalue weighted by Crippen LogP contribution is -2.34. The number of carbonyl (C=O) groups excluding carboxylic acids is 1. The number of hydrogen-bond donors (Lipinski definition) is 2. The first kappa shape index (κ1) is 25.7. The summed E-state index contributed by atoms with van der Waals surface area (Å²) in [7, 11) is -0.150. The predicted molar refractivity (Wildman–Crippen MR) is 131 cm³/mol. The smallest absolute Gasteiger partial charge is 0.288 e. The van der Waals surface area contributed by atoms with E-state index < -0.39 is 21.7 Å². The summed E-state index contributed by atoms with van der Waals surface area (Å²) in [4.78, 5) is 15.0. The number of sulfonamides is 1. The first-order chi connectivity index (χ1) is 16.2. The van der Waals surface area contributed by atoms with E-state index >= 15 is 0 Å². The second kappa shape index (κ2) is 11.5. The fourth-order valence-electron chi connectivity index (χ4n) is 3.29. The summed E-state index contributed by atoms with van der Waals surface area (Å²) < 4.78 is 52.9. The average Bonchev–Trinajstić information content (AvgIpc) is 2.80. The molecule has 0 bridgehead atoms. The van der Waals surface area contributed by atoms with Crippen molar-refractivity contribution < 1.29 is 22.0 Å². The first-order valence-electron chi connectivity index (χ1n) is 10.3. The number of thioether (sulfide) groups is 1. The average molecular weight is 506 g/mol. The van der Waals surface area contributed by atoms with Crippen molar-refractivity contribution >= 4 is 33.4 Å². The van der Waals surface area contributed by atoms with Crippen LogP contribution < -0.4 is 10.0 Å². The lowest BCUT2D eigenvalue weighted by atomic mass is 10.1. The van der Waals surface area contributed by atoms with Crippen molar-refractivity contribution in [2.45, 2.75) is 21.6 Å². The zero-order chi connectivity index (χ0) is 24.7. The molecule has 0 spiro atoms. The molecule has 3 aromatic rings. The molecule has 0 aliphatic rings. The molecule has 0 aromatic heterocycles. The van der Waals surface area contributed by atoms with Gasteiger partial charge in [-0.25, -0.2) is 8.42 Å². The molecular formula is C24H25F2N3O3S2. The Morgan fingerprint density at radius 2 is 1.65 bits per heavy atom. The standard InChI is InChI=1S/C24H25F2N3O3S2/c1-29(2)22(17-7-4-3-5-8-17)16-27-23(30)18-9-6-10-21(15-18)34(31,32)28-19-11-13-20(14-12-19)33-24(25)26/h3-15,22,24,28H,16H2,1-2H3,(H,27,30)/t22-/m0/s1. The minimum absolute atomic E-state index is 0.0510. The Bertz CT molecular complexity index is 1210. The molecule has 1 amide bonds. The van der Waals surface area contributed by atoms with Crippen LogP contribution in [0.15, 0.2) is 88.7 Å². The Morgan fingerprint density at radius 3 is 2.26 bits per heavy atom. The van der Waals surface area contributed by atoms with Crippen LogP contribution in [-0.4, -0.2) is 45.6 Å². The molecule has 1 atom stereocenters. The van der Waals surface area contributed by atoms with E-state index in [1.54, 1.807) is 0 Å². The van der Waals surface area contributed by atoms with Crippen molar-refractivity contribution in [2.75, 3.05) is 25.4 Å². The Labute approximate surface area is 202 Å². The van der Waals surface area contributed by atoms with Crippen LogP contribution in [0.1, 0.15) is 22.0 Å². The quantitative estimate of drug-likeness (QED) is 0.386.